The van der Waals surface area contributed by atoms with Crippen LogP contribution < -0.4 is 5.32 Å². The molecule has 0 saturated carbocycles. The Morgan fingerprint density at radius 3 is 2.22 bits per heavy atom. The van der Waals surface area contributed by atoms with Gasteiger partial charge in [-0.3, -0.25) is 9.59 Å². The Bertz CT molecular complexity index is 276. The summed E-state index contributed by atoms with van der Waals surface area (Å²) in [5, 5.41) is 20.8. The van der Waals surface area contributed by atoms with Gasteiger partial charge in [0.15, 0.2) is 0 Å². The van der Waals surface area contributed by atoms with Crippen molar-refractivity contribution < 1.29 is 24.5 Å². The SMILES string of the molecule is CCC(CC)(CC(=O)NC(CO)COC)C(=O)O. The lowest BCUT2D eigenvalue weighted by atomic mass is 9.79. The van der Waals surface area contributed by atoms with Crippen molar-refractivity contribution in [2.45, 2.75) is 39.2 Å². The molecule has 0 heterocycles. The quantitative estimate of drug-likeness (QED) is 0.558. The number of carbonyl (C=O) groups excluding carboxylic acids is 1. The van der Waals surface area contributed by atoms with Crippen molar-refractivity contribution in [1.29, 1.82) is 0 Å². The second-order valence-corrected chi connectivity index (χ2v) is 4.37. The van der Waals surface area contributed by atoms with E-state index in [0.717, 1.165) is 0 Å². The fourth-order valence-corrected chi connectivity index (χ4v) is 1.81. The highest BCUT2D eigenvalue weighted by Crippen LogP contribution is 2.30. The molecule has 0 bridgehead atoms. The highest BCUT2D eigenvalue weighted by molar-refractivity contribution is 5.85. The first-order valence-corrected chi connectivity index (χ1v) is 6.08. The van der Waals surface area contributed by atoms with Gasteiger partial charge in [0.2, 0.25) is 5.91 Å². The van der Waals surface area contributed by atoms with Gasteiger partial charge in [0.25, 0.3) is 0 Å². The summed E-state index contributed by atoms with van der Waals surface area (Å²) in [4.78, 5) is 23.0. The number of carboxylic acids is 1. The highest BCUT2D eigenvalue weighted by Gasteiger charge is 2.37. The Balaban J connectivity index is 4.56. The third-order valence-electron chi connectivity index (χ3n) is 3.26. The Morgan fingerprint density at radius 2 is 1.89 bits per heavy atom. The van der Waals surface area contributed by atoms with E-state index >= 15 is 0 Å². The van der Waals surface area contributed by atoms with Crippen molar-refractivity contribution in [1.82, 2.24) is 5.32 Å². The summed E-state index contributed by atoms with van der Waals surface area (Å²) in [6.07, 6.45) is 0.691. The molecule has 0 aromatic rings. The predicted molar refractivity (Wildman–Crippen MR) is 66.2 cm³/mol. The average molecular weight is 261 g/mol. The zero-order valence-corrected chi connectivity index (χ0v) is 11.2. The van der Waals surface area contributed by atoms with Crippen molar-refractivity contribution >= 4 is 11.9 Å². The number of hydrogen-bond acceptors (Lipinski definition) is 4. The van der Waals surface area contributed by atoms with Crippen LogP contribution in [0.5, 0.6) is 0 Å². The summed E-state index contributed by atoms with van der Waals surface area (Å²) >= 11 is 0. The van der Waals surface area contributed by atoms with Gasteiger partial charge >= 0.3 is 5.97 Å². The molecule has 0 aromatic heterocycles. The minimum absolute atomic E-state index is 0.0878. The van der Waals surface area contributed by atoms with Gasteiger partial charge in [0.05, 0.1) is 24.7 Å². The standard InChI is InChI=1S/C12H23NO5/c1-4-12(5-2,11(16)17)6-10(15)13-9(7-14)8-18-3/h9,14H,4-8H2,1-3H3,(H,13,15)(H,16,17). The van der Waals surface area contributed by atoms with E-state index in [9.17, 15) is 14.7 Å². The van der Waals surface area contributed by atoms with Gasteiger partial charge in [0.1, 0.15) is 0 Å². The number of aliphatic hydroxyl groups is 1. The first-order chi connectivity index (χ1) is 8.45. The van der Waals surface area contributed by atoms with E-state index in [-0.39, 0.29) is 25.5 Å². The van der Waals surface area contributed by atoms with Gasteiger partial charge < -0.3 is 20.3 Å². The van der Waals surface area contributed by atoms with Crippen molar-refractivity contribution in [2.75, 3.05) is 20.3 Å². The van der Waals surface area contributed by atoms with Gasteiger partial charge in [-0.25, -0.2) is 0 Å². The summed E-state index contributed by atoms with van der Waals surface area (Å²) in [7, 11) is 1.47. The van der Waals surface area contributed by atoms with Gasteiger partial charge in [-0.05, 0) is 12.8 Å². The van der Waals surface area contributed by atoms with Crippen LogP contribution in [-0.4, -0.2) is 48.5 Å². The van der Waals surface area contributed by atoms with Crippen LogP contribution in [0.2, 0.25) is 0 Å². The average Bonchev–Trinajstić information content (AvgIpc) is 2.35. The minimum Gasteiger partial charge on any atom is -0.481 e. The molecule has 1 atom stereocenters. The molecule has 106 valence electrons. The van der Waals surface area contributed by atoms with Crippen molar-refractivity contribution in [2.24, 2.45) is 5.41 Å². The van der Waals surface area contributed by atoms with E-state index in [1.165, 1.54) is 7.11 Å². The van der Waals surface area contributed by atoms with Crippen LogP contribution in [0.1, 0.15) is 33.1 Å². The smallest absolute Gasteiger partial charge is 0.310 e. The fraction of sp³-hybridized carbons (Fsp3) is 0.833. The summed E-state index contributed by atoms with van der Waals surface area (Å²) in [6, 6.07) is -0.497. The molecule has 0 aliphatic carbocycles. The van der Waals surface area contributed by atoms with E-state index in [1.54, 1.807) is 13.8 Å². The summed E-state index contributed by atoms with van der Waals surface area (Å²) in [6.45, 7) is 3.46. The van der Waals surface area contributed by atoms with E-state index < -0.39 is 17.4 Å². The van der Waals surface area contributed by atoms with Gasteiger partial charge in [-0.2, -0.15) is 0 Å². The molecular formula is C12H23NO5. The van der Waals surface area contributed by atoms with Gasteiger partial charge in [-0.15, -0.1) is 0 Å². The van der Waals surface area contributed by atoms with E-state index in [0.29, 0.717) is 12.8 Å². The minimum atomic E-state index is -1.03. The van der Waals surface area contributed by atoms with Crippen molar-refractivity contribution in [3.63, 3.8) is 0 Å². The molecule has 0 spiro atoms. The molecule has 6 nitrogen and oxygen atoms in total. The summed E-state index contributed by atoms with van der Waals surface area (Å²) in [5.74, 6) is -1.34. The molecule has 0 aromatic carbocycles. The fourth-order valence-electron chi connectivity index (χ4n) is 1.81. The molecule has 0 fully saturated rings. The molecule has 0 radical (unpaired) electrons. The van der Waals surface area contributed by atoms with Gasteiger partial charge in [0, 0.05) is 13.5 Å². The number of carbonyl (C=O) groups is 2. The molecular weight excluding hydrogens is 238 g/mol. The third-order valence-corrected chi connectivity index (χ3v) is 3.26. The maximum Gasteiger partial charge on any atom is 0.310 e. The normalized spacial score (nSPS) is 13.1. The number of rotatable bonds is 9. The van der Waals surface area contributed by atoms with Crippen molar-refractivity contribution in [3.8, 4) is 0 Å². The van der Waals surface area contributed by atoms with Gasteiger partial charge in [-0.1, -0.05) is 13.8 Å². The van der Waals surface area contributed by atoms with Crippen LogP contribution >= 0.6 is 0 Å². The summed E-state index contributed by atoms with van der Waals surface area (Å²) in [5.41, 5.74) is -1.03. The zero-order valence-electron chi connectivity index (χ0n) is 11.2. The largest absolute Gasteiger partial charge is 0.481 e. The molecule has 0 saturated heterocycles. The molecule has 0 aliphatic heterocycles. The second kappa shape index (κ2) is 8.05. The van der Waals surface area contributed by atoms with Crippen LogP contribution in [0, 0.1) is 5.41 Å². The Labute approximate surface area is 107 Å². The third kappa shape index (κ3) is 4.62. The lowest BCUT2D eigenvalue weighted by Gasteiger charge is -2.27. The molecule has 1 amide bonds. The molecule has 18 heavy (non-hydrogen) atoms. The molecule has 6 heteroatoms. The van der Waals surface area contributed by atoms with E-state index in [2.05, 4.69) is 5.32 Å². The number of amides is 1. The Kier molecular flexibility index (Phi) is 7.54. The number of hydrogen-bond donors (Lipinski definition) is 3. The Hall–Kier alpha value is -1.14. The second-order valence-electron chi connectivity index (χ2n) is 4.37. The van der Waals surface area contributed by atoms with Crippen LogP contribution in [0.3, 0.4) is 0 Å². The highest BCUT2D eigenvalue weighted by atomic mass is 16.5. The maximum atomic E-state index is 11.8. The molecule has 0 rings (SSSR count). The monoisotopic (exact) mass is 261 g/mol. The van der Waals surface area contributed by atoms with Crippen LogP contribution in [0.4, 0.5) is 0 Å². The maximum absolute atomic E-state index is 11.8. The lowest BCUT2D eigenvalue weighted by Crippen LogP contribution is -2.44. The van der Waals surface area contributed by atoms with Crippen molar-refractivity contribution in [3.05, 3.63) is 0 Å². The predicted octanol–water partition coefficient (Wildman–Crippen LogP) is 0.391. The number of nitrogens with one attached hydrogen (secondary N) is 1. The van der Waals surface area contributed by atoms with Crippen LogP contribution in [-0.2, 0) is 14.3 Å². The van der Waals surface area contributed by atoms with E-state index in [4.69, 9.17) is 9.84 Å². The molecule has 0 aliphatic rings. The first-order valence-electron chi connectivity index (χ1n) is 6.08. The molecule has 1 unspecified atom stereocenters. The lowest BCUT2D eigenvalue weighted by molar-refractivity contribution is -0.152. The number of aliphatic carboxylic acids is 1. The first kappa shape index (κ1) is 16.9. The number of carboxylic acid groups (broad SMARTS) is 1. The molecule has 3 N–H and O–H groups in total. The summed E-state index contributed by atoms with van der Waals surface area (Å²) < 4.78 is 4.83. The number of aliphatic hydroxyl groups excluding tert-OH is 1. The topological polar surface area (TPSA) is 95.9 Å². The van der Waals surface area contributed by atoms with Crippen LogP contribution in [0.15, 0.2) is 0 Å². The van der Waals surface area contributed by atoms with Crippen LogP contribution in [0.25, 0.3) is 0 Å². The Morgan fingerprint density at radius 1 is 1.33 bits per heavy atom. The van der Waals surface area contributed by atoms with E-state index in [1.807, 2.05) is 0 Å². The zero-order chi connectivity index (χ0) is 14.2. The number of methoxy groups -OCH3 is 1. The number of ether oxygens (including phenoxy) is 1.